The van der Waals surface area contributed by atoms with E-state index in [9.17, 15) is 18.0 Å². The molecule has 0 bridgehead atoms. The molecule has 12 heteroatoms. The van der Waals surface area contributed by atoms with E-state index in [-0.39, 0.29) is 19.8 Å². The second kappa shape index (κ2) is 10.5. The largest absolute Gasteiger partial charge is 0.333 e. The third kappa shape index (κ3) is 5.35. The molecule has 3 aromatic heterocycles. The molecule has 5 aromatic rings. The molecule has 9 nitrogen and oxygen atoms in total. The van der Waals surface area contributed by atoms with Gasteiger partial charge in [-0.15, -0.1) is 11.3 Å². The molecule has 0 atom stereocenters. The van der Waals surface area contributed by atoms with Gasteiger partial charge in [0.15, 0.2) is 0 Å². The second-order valence-electron chi connectivity index (χ2n) is 9.33. The number of thiophene rings is 1. The molecule has 0 aliphatic rings. The fourth-order valence-electron chi connectivity index (χ4n) is 4.72. The summed E-state index contributed by atoms with van der Waals surface area (Å²) in [7, 11) is -4.08. The van der Waals surface area contributed by atoms with Gasteiger partial charge in [0.2, 0.25) is 0 Å². The molecule has 2 amide bonds. The zero-order chi connectivity index (χ0) is 28.8. The highest BCUT2D eigenvalue weighted by atomic mass is 35.5. The zero-order valence-corrected chi connectivity index (χ0v) is 24.3. The Morgan fingerprint density at radius 3 is 2.33 bits per heavy atom. The Morgan fingerprint density at radius 2 is 1.70 bits per heavy atom. The van der Waals surface area contributed by atoms with E-state index in [1.807, 2.05) is 22.9 Å². The molecule has 0 saturated heterocycles. The first kappa shape index (κ1) is 27.5. The Labute approximate surface area is 239 Å². The van der Waals surface area contributed by atoms with Crippen LogP contribution in [-0.4, -0.2) is 29.0 Å². The van der Waals surface area contributed by atoms with Crippen molar-refractivity contribution in [1.82, 2.24) is 19.3 Å². The number of benzene rings is 2. The highest BCUT2D eigenvalue weighted by molar-refractivity contribution is 7.92. The normalized spacial score (nSPS) is 11.5. The van der Waals surface area contributed by atoms with Crippen LogP contribution in [0.1, 0.15) is 22.5 Å². The van der Waals surface area contributed by atoms with E-state index < -0.39 is 16.1 Å². The van der Waals surface area contributed by atoms with Gasteiger partial charge < -0.3 is 5.32 Å². The Morgan fingerprint density at radius 1 is 0.975 bits per heavy atom. The van der Waals surface area contributed by atoms with Crippen LogP contribution >= 0.6 is 22.9 Å². The Kier molecular flexibility index (Phi) is 7.21. The Balaban J connectivity index is 1.44. The second-order valence-corrected chi connectivity index (χ2v) is 13.0. The lowest BCUT2D eigenvalue weighted by molar-refractivity contribution is 0.256. The minimum atomic E-state index is -4.08. The topological polar surface area (TPSA) is 123 Å². The van der Waals surface area contributed by atoms with Crippen molar-refractivity contribution >= 4 is 55.6 Å². The third-order valence-electron chi connectivity index (χ3n) is 6.28. The molecule has 0 spiro atoms. The van der Waals surface area contributed by atoms with Gasteiger partial charge in [0.25, 0.3) is 15.6 Å². The summed E-state index contributed by atoms with van der Waals surface area (Å²) in [5.74, 6) is 0.747. The summed E-state index contributed by atoms with van der Waals surface area (Å²) in [6.07, 6.45) is 1.33. The van der Waals surface area contributed by atoms with Gasteiger partial charge >= 0.3 is 6.03 Å². The number of urea groups is 1. The summed E-state index contributed by atoms with van der Waals surface area (Å²) in [5.41, 5.74) is 5.95. The molecule has 0 unspecified atom stereocenters. The lowest BCUT2D eigenvalue weighted by Crippen LogP contribution is -2.34. The molecule has 0 aliphatic heterocycles. The van der Waals surface area contributed by atoms with Crippen molar-refractivity contribution in [2.24, 2.45) is 0 Å². The minimum Gasteiger partial charge on any atom is -0.306 e. The number of sulfonamides is 1. The molecule has 5 rings (SSSR count). The molecule has 2 aromatic carbocycles. The number of anilines is 1. The number of aryl methyl sites for hydroxylation is 4. The van der Waals surface area contributed by atoms with Crippen LogP contribution in [-0.2, 0) is 10.0 Å². The molecule has 0 aliphatic carbocycles. The summed E-state index contributed by atoms with van der Waals surface area (Å²) in [6.45, 7) is 7.88. The van der Waals surface area contributed by atoms with Gasteiger partial charge in [-0.25, -0.2) is 32.5 Å². The average Bonchev–Trinajstić information content (AvgIpc) is 3.32. The molecule has 0 radical (unpaired) electrons. The zero-order valence-electron chi connectivity index (χ0n) is 21.9. The van der Waals surface area contributed by atoms with Crippen molar-refractivity contribution in [3.8, 4) is 16.9 Å². The number of aromatic nitrogens is 3. The number of fused-ring (bicyclic) bond motifs is 1. The number of halogens is 1. The maximum absolute atomic E-state index is 13.6. The first-order chi connectivity index (χ1) is 18.9. The first-order valence-corrected chi connectivity index (χ1v) is 14.8. The fraction of sp³-hybridized carbons (Fsp3) is 0.143. The van der Waals surface area contributed by atoms with E-state index in [0.29, 0.717) is 22.5 Å². The molecule has 204 valence electrons. The van der Waals surface area contributed by atoms with Crippen LogP contribution in [0.3, 0.4) is 0 Å². The van der Waals surface area contributed by atoms with E-state index in [1.54, 1.807) is 13.0 Å². The van der Waals surface area contributed by atoms with Crippen molar-refractivity contribution in [2.75, 3.05) is 5.32 Å². The van der Waals surface area contributed by atoms with Crippen LogP contribution in [0.5, 0.6) is 0 Å². The van der Waals surface area contributed by atoms with E-state index in [2.05, 4.69) is 48.2 Å². The number of pyridine rings is 1. The molecular formula is C28H24ClN5O4S2. The van der Waals surface area contributed by atoms with Crippen LogP contribution in [0.2, 0.25) is 4.34 Å². The van der Waals surface area contributed by atoms with Gasteiger partial charge in [0, 0.05) is 0 Å². The van der Waals surface area contributed by atoms with E-state index >= 15 is 0 Å². The van der Waals surface area contributed by atoms with Crippen molar-refractivity contribution < 1.29 is 13.2 Å². The van der Waals surface area contributed by atoms with Crippen molar-refractivity contribution in [3.05, 3.63) is 98.0 Å². The van der Waals surface area contributed by atoms with Crippen LogP contribution < -0.4 is 15.6 Å². The van der Waals surface area contributed by atoms with Gasteiger partial charge in [-0.2, -0.15) is 0 Å². The van der Waals surface area contributed by atoms with E-state index in [0.717, 1.165) is 33.6 Å². The summed E-state index contributed by atoms with van der Waals surface area (Å²) >= 11 is 6.63. The highest BCUT2D eigenvalue weighted by Gasteiger charge is 2.20. The van der Waals surface area contributed by atoms with Gasteiger partial charge in [0.1, 0.15) is 15.9 Å². The van der Waals surface area contributed by atoms with Crippen LogP contribution in [0.4, 0.5) is 10.5 Å². The van der Waals surface area contributed by atoms with Gasteiger partial charge in [-0.05, 0) is 86.3 Å². The van der Waals surface area contributed by atoms with Crippen LogP contribution in [0.25, 0.3) is 27.8 Å². The highest BCUT2D eigenvalue weighted by Crippen LogP contribution is 2.30. The maximum Gasteiger partial charge on any atom is 0.333 e. The number of rotatable bonds is 5. The van der Waals surface area contributed by atoms with Crippen molar-refractivity contribution in [2.45, 2.75) is 31.9 Å². The number of nitrogens with zero attached hydrogens (tertiary/aromatic N) is 3. The predicted molar refractivity (Wildman–Crippen MR) is 158 cm³/mol. The molecule has 40 heavy (non-hydrogen) atoms. The SMILES string of the molecule is Cc1cc(C)c(-c2ccc3nc(C)n(-c4ccc(NC(=O)NS(=O)(=O)c5ccc(Cl)s5)cn4)c(=O)c3c2)c(C)c1. The Bertz CT molecular complexity index is 1940. The minimum absolute atomic E-state index is 0.0874. The molecular weight excluding hydrogens is 570 g/mol. The van der Waals surface area contributed by atoms with Crippen LogP contribution in [0.15, 0.2) is 69.8 Å². The molecule has 0 saturated carbocycles. The molecule has 3 heterocycles. The number of carbonyl (C=O) groups is 1. The predicted octanol–water partition coefficient (Wildman–Crippen LogP) is 5.91. The van der Waals surface area contributed by atoms with Gasteiger partial charge in [0.05, 0.1) is 27.1 Å². The number of hydrogen-bond donors (Lipinski definition) is 2. The summed E-state index contributed by atoms with van der Waals surface area (Å²) in [4.78, 5) is 34.9. The first-order valence-electron chi connectivity index (χ1n) is 12.1. The van der Waals surface area contributed by atoms with Gasteiger partial charge in [-0.3, -0.25) is 4.79 Å². The average molecular weight is 594 g/mol. The summed E-state index contributed by atoms with van der Waals surface area (Å²) in [6, 6.07) is 14.7. The van der Waals surface area contributed by atoms with E-state index in [4.69, 9.17) is 11.6 Å². The van der Waals surface area contributed by atoms with Gasteiger partial charge in [-0.1, -0.05) is 35.4 Å². The number of hydrogen-bond acceptors (Lipinski definition) is 7. The molecule has 0 fully saturated rings. The Hall–Kier alpha value is -4.06. The maximum atomic E-state index is 13.6. The van der Waals surface area contributed by atoms with Crippen molar-refractivity contribution in [3.63, 3.8) is 0 Å². The smallest absolute Gasteiger partial charge is 0.306 e. The summed E-state index contributed by atoms with van der Waals surface area (Å²) in [5, 5.41) is 2.88. The van der Waals surface area contributed by atoms with Crippen molar-refractivity contribution in [1.29, 1.82) is 0 Å². The number of carbonyl (C=O) groups excluding carboxylic acids is 1. The monoisotopic (exact) mass is 593 g/mol. The number of nitrogens with one attached hydrogen (secondary N) is 2. The summed E-state index contributed by atoms with van der Waals surface area (Å²) < 4.78 is 28.2. The number of amides is 2. The lowest BCUT2D eigenvalue weighted by atomic mass is 9.93. The lowest BCUT2D eigenvalue weighted by Gasteiger charge is -2.14. The van der Waals surface area contributed by atoms with Crippen LogP contribution in [0, 0.1) is 27.7 Å². The standard InChI is InChI=1S/C28H24ClN5O4S2/c1-15-11-16(2)26(17(3)12-15)19-5-7-22-21(13-19)27(35)34(18(4)31-22)24-9-6-20(14-30-24)32-28(36)33-40(37,38)25-10-8-23(29)39-25/h5-14H,1-4H3,(H2,32,33,36). The fourth-order valence-corrected chi connectivity index (χ4v) is 7.11. The molecule has 2 N–H and O–H groups in total. The van der Waals surface area contributed by atoms with E-state index in [1.165, 1.54) is 34.5 Å². The quantitative estimate of drug-likeness (QED) is 0.261. The third-order valence-corrected chi connectivity index (χ3v) is 9.33.